The fourth-order valence-corrected chi connectivity index (χ4v) is 3.71. The van der Waals surface area contributed by atoms with Gasteiger partial charge in [-0.1, -0.05) is 19.3 Å². The highest BCUT2D eigenvalue weighted by molar-refractivity contribution is 5.74. The van der Waals surface area contributed by atoms with Crippen LogP contribution in [0.2, 0.25) is 0 Å². The smallest absolute Gasteiger partial charge is 0.0608 e. The molecule has 2 heteroatoms. The molecule has 2 aliphatic rings. The van der Waals surface area contributed by atoms with Gasteiger partial charge < -0.3 is 10.2 Å². The number of hydrogen-bond acceptors (Lipinski definition) is 2. The Morgan fingerprint density at radius 3 is 2.55 bits per heavy atom. The van der Waals surface area contributed by atoms with Crippen LogP contribution >= 0.6 is 0 Å². The van der Waals surface area contributed by atoms with Crippen LogP contribution < -0.4 is 10.2 Å². The zero-order valence-electron chi connectivity index (χ0n) is 13.2. The topological polar surface area (TPSA) is 15.3 Å². The summed E-state index contributed by atoms with van der Waals surface area (Å²) >= 11 is 0. The van der Waals surface area contributed by atoms with Crippen molar-refractivity contribution in [1.29, 1.82) is 0 Å². The molecule has 1 aromatic carbocycles. The molecule has 0 saturated heterocycles. The van der Waals surface area contributed by atoms with Crippen molar-refractivity contribution in [2.45, 2.75) is 58.9 Å². The maximum absolute atomic E-state index is 3.61. The maximum Gasteiger partial charge on any atom is 0.0608 e. The summed E-state index contributed by atoms with van der Waals surface area (Å²) in [7, 11) is 0. The number of fused-ring (bicyclic) bond motifs is 1. The van der Waals surface area contributed by atoms with Gasteiger partial charge in [-0.05, 0) is 62.8 Å². The standard InChI is InChI=1S/C18H28N2/c1-13-9-17-18(10-14(13)2)20(15(3)11-19-17)12-16-7-5-4-6-8-16/h9-10,15-16,19H,4-8,11-12H2,1-3H3. The summed E-state index contributed by atoms with van der Waals surface area (Å²) in [6.45, 7) is 9.11. The lowest BCUT2D eigenvalue weighted by molar-refractivity contribution is 0.351. The van der Waals surface area contributed by atoms with E-state index in [2.05, 4.69) is 43.1 Å². The average Bonchev–Trinajstić information content (AvgIpc) is 2.45. The largest absolute Gasteiger partial charge is 0.381 e. The van der Waals surface area contributed by atoms with Crippen LogP contribution in [0.25, 0.3) is 0 Å². The second-order valence-electron chi connectivity index (χ2n) is 6.84. The predicted octanol–water partition coefficient (Wildman–Crippen LogP) is 4.50. The number of hydrogen-bond donors (Lipinski definition) is 1. The van der Waals surface area contributed by atoms with Gasteiger partial charge in [0.2, 0.25) is 0 Å². The van der Waals surface area contributed by atoms with Crippen LogP contribution in [0.1, 0.15) is 50.2 Å². The average molecular weight is 272 g/mol. The third-order valence-electron chi connectivity index (χ3n) is 5.22. The van der Waals surface area contributed by atoms with Crippen LogP contribution in [-0.2, 0) is 0 Å². The summed E-state index contributed by atoms with van der Waals surface area (Å²) < 4.78 is 0. The van der Waals surface area contributed by atoms with Crippen molar-refractivity contribution in [2.75, 3.05) is 23.3 Å². The van der Waals surface area contributed by atoms with E-state index < -0.39 is 0 Å². The van der Waals surface area contributed by atoms with Gasteiger partial charge in [0.15, 0.2) is 0 Å². The number of nitrogens with one attached hydrogen (secondary N) is 1. The van der Waals surface area contributed by atoms with Crippen molar-refractivity contribution in [2.24, 2.45) is 5.92 Å². The van der Waals surface area contributed by atoms with Crippen LogP contribution in [0.5, 0.6) is 0 Å². The Labute approximate surface area is 123 Å². The van der Waals surface area contributed by atoms with Gasteiger partial charge in [-0.2, -0.15) is 0 Å². The Balaban J connectivity index is 1.85. The molecule has 0 aromatic heterocycles. The number of aryl methyl sites for hydroxylation is 2. The van der Waals surface area contributed by atoms with Crippen molar-refractivity contribution in [1.82, 2.24) is 0 Å². The molecule has 1 unspecified atom stereocenters. The van der Waals surface area contributed by atoms with E-state index in [0.29, 0.717) is 6.04 Å². The van der Waals surface area contributed by atoms with E-state index in [9.17, 15) is 0 Å². The number of anilines is 2. The molecule has 1 heterocycles. The van der Waals surface area contributed by atoms with E-state index in [4.69, 9.17) is 0 Å². The molecule has 1 fully saturated rings. The molecular formula is C18H28N2. The van der Waals surface area contributed by atoms with Gasteiger partial charge in [-0.25, -0.2) is 0 Å². The van der Waals surface area contributed by atoms with E-state index in [1.54, 1.807) is 0 Å². The second kappa shape index (κ2) is 5.67. The number of nitrogens with zero attached hydrogens (tertiary/aromatic N) is 1. The van der Waals surface area contributed by atoms with Crippen LogP contribution in [0.15, 0.2) is 12.1 Å². The molecule has 2 nitrogen and oxygen atoms in total. The molecule has 0 spiro atoms. The SMILES string of the molecule is Cc1cc2c(cc1C)N(CC1CCCCC1)C(C)CN2. The maximum atomic E-state index is 3.61. The first-order valence-corrected chi connectivity index (χ1v) is 8.27. The molecular weight excluding hydrogens is 244 g/mol. The molecule has 1 aliphatic heterocycles. The summed E-state index contributed by atoms with van der Waals surface area (Å²) in [5, 5.41) is 3.61. The lowest BCUT2D eigenvalue weighted by Crippen LogP contribution is -2.45. The van der Waals surface area contributed by atoms with E-state index in [0.717, 1.165) is 12.5 Å². The lowest BCUT2D eigenvalue weighted by atomic mass is 9.88. The molecule has 20 heavy (non-hydrogen) atoms. The van der Waals surface area contributed by atoms with Crippen LogP contribution in [0.3, 0.4) is 0 Å². The Morgan fingerprint density at radius 1 is 1.10 bits per heavy atom. The Bertz CT molecular complexity index is 475. The van der Waals surface area contributed by atoms with Gasteiger partial charge in [0.05, 0.1) is 11.4 Å². The van der Waals surface area contributed by atoms with Crippen LogP contribution in [0, 0.1) is 19.8 Å². The normalized spacial score (nSPS) is 23.4. The summed E-state index contributed by atoms with van der Waals surface area (Å²) in [4.78, 5) is 2.66. The van der Waals surface area contributed by atoms with Gasteiger partial charge in [0.25, 0.3) is 0 Å². The minimum atomic E-state index is 0.603. The zero-order chi connectivity index (χ0) is 14.1. The molecule has 110 valence electrons. The third-order valence-corrected chi connectivity index (χ3v) is 5.22. The highest BCUT2D eigenvalue weighted by atomic mass is 15.2. The summed E-state index contributed by atoms with van der Waals surface area (Å²) in [6, 6.07) is 5.31. The first-order valence-electron chi connectivity index (χ1n) is 8.27. The molecule has 0 bridgehead atoms. The lowest BCUT2D eigenvalue weighted by Gasteiger charge is -2.41. The molecule has 1 N–H and O–H groups in total. The molecule has 3 rings (SSSR count). The Kier molecular flexibility index (Phi) is 3.91. The summed E-state index contributed by atoms with van der Waals surface area (Å²) in [5.41, 5.74) is 5.57. The van der Waals surface area contributed by atoms with Gasteiger partial charge in [-0.3, -0.25) is 0 Å². The fraction of sp³-hybridized carbons (Fsp3) is 0.667. The minimum absolute atomic E-state index is 0.603. The van der Waals surface area contributed by atoms with E-state index in [-0.39, 0.29) is 0 Å². The van der Waals surface area contributed by atoms with E-state index in [1.807, 2.05) is 0 Å². The molecule has 1 aromatic rings. The first kappa shape index (κ1) is 13.8. The zero-order valence-corrected chi connectivity index (χ0v) is 13.2. The third kappa shape index (κ3) is 2.65. The summed E-state index contributed by atoms with van der Waals surface area (Å²) in [6.07, 6.45) is 7.17. The second-order valence-corrected chi connectivity index (χ2v) is 6.84. The highest BCUT2D eigenvalue weighted by Gasteiger charge is 2.26. The monoisotopic (exact) mass is 272 g/mol. The molecule has 1 atom stereocenters. The van der Waals surface area contributed by atoms with Crippen molar-refractivity contribution in [3.8, 4) is 0 Å². The molecule has 0 amide bonds. The number of rotatable bonds is 2. The van der Waals surface area contributed by atoms with Crippen molar-refractivity contribution >= 4 is 11.4 Å². The Hall–Kier alpha value is -1.18. The number of benzene rings is 1. The molecule has 0 radical (unpaired) electrons. The van der Waals surface area contributed by atoms with Gasteiger partial charge >= 0.3 is 0 Å². The van der Waals surface area contributed by atoms with E-state index in [1.165, 1.54) is 61.2 Å². The summed E-state index contributed by atoms with van der Waals surface area (Å²) in [5.74, 6) is 0.902. The van der Waals surface area contributed by atoms with Crippen LogP contribution in [-0.4, -0.2) is 19.1 Å². The first-order chi connectivity index (χ1) is 9.65. The fourth-order valence-electron chi connectivity index (χ4n) is 3.71. The van der Waals surface area contributed by atoms with Crippen molar-refractivity contribution in [3.05, 3.63) is 23.3 Å². The Morgan fingerprint density at radius 2 is 1.80 bits per heavy atom. The van der Waals surface area contributed by atoms with Gasteiger partial charge in [0, 0.05) is 19.1 Å². The van der Waals surface area contributed by atoms with Gasteiger partial charge in [-0.15, -0.1) is 0 Å². The quantitative estimate of drug-likeness (QED) is 0.852. The predicted molar refractivity (Wildman–Crippen MR) is 87.8 cm³/mol. The highest BCUT2D eigenvalue weighted by Crippen LogP contribution is 2.36. The molecule has 1 aliphatic carbocycles. The van der Waals surface area contributed by atoms with E-state index >= 15 is 0 Å². The van der Waals surface area contributed by atoms with Crippen LogP contribution in [0.4, 0.5) is 11.4 Å². The van der Waals surface area contributed by atoms with Crippen molar-refractivity contribution in [3.63, 3.8) is 0 Å². The molecule has 1 saturated carbocycles. The minimum Gasteiger partial charge on any atom is -0.381 e. The van der Waals surface area contributed by atoms with Gasteiger partial charge in [0.1, 0.15) is 0 Å². The van der Waals surface area contributed by atoms with Crippen molar-refractivity contribution < 1.29 is 0 Å².